The molecule has 1 aromatic carbocycles. The lowest BCUT2D eigenvalue weighted by atomic mass is 10.0. The van der Waals surface area contributed by atoms with Gasteiger partial charge in [-0.3, -0.25) is 4.79 Å². The topological polar surface area (TPSA) is 89.5 Å². The van der Waals surface area contributed by atoms with E-state index >= 15 is 0 Å². The summed E-state index contributed by atoms with van der Waals surface area (Å²) in [6.07, 6.45) is 1.76. The number of benzene rings is 1. The van der Waals surface area contributed by atoms with E-state index in [-0.39, 0.29) is 11.9 Å². The predicted molar refractivity (Wildman–Crippen MR) is 125 cm³/mol. The molecule has 0 radical (unpaired) electrons. The fraction of sp³-hybridized carbons (Fsp3) is 0.458. The van der Waals surface area contributed by atoms with Gasteiger partial charge < -0.3 is 20.3 Å². The van der Waals surface area contributed by atoms with Crippen LogP contribution < -0.4 is 5.73 Å². The van der Waals surface area contributed by atoms with Gasteiger partial charge in [-0.05, 0) is 38.6 Å². The van der Waals surface area contributed by atoms with Crippen LogP contribution in [0.5, 0.6) is 0 Å². The molecule has 0 saturated carbocycles. The first-order valence-electron chi connectivity index (χ1n) is 11.2. The van der Waals surface area contributed by atoms with E-state index in [1.54, 1.807) is 6.20 Å². The second-order valence-electron chi connectivity index (χ2n) is 8.61. The number of rotatable bonds is 7. The molecule has 32 heavy (non-hydrogen) atoms. The average Bonchev–Trinajstić information content (AvgIpc) is 3.23. The molecular weight excluding hydrogens is 404 g/mol. The summed E-state index contributed by atoms with van der Waals surface area (Å²) in [4.78, 5) is 22.4. The summed E-state index contributed by atoms with van der Waals surface area (Å²) >= 11 is 0. The minimum atomic E-state index is 0.00379. The summed E-state index contributed by atoms with van der Waals surface area (Å²) < 4.78 is 7.31. The Hall–Kier alpha value is -2.81. The molecule has 0 atom stereocenters. The summed E-state index contributed by atoms with van der Waals surface area (Å²) in [6.45, 7) is 8.72. The van der Waals surface area contributed by atoms with E-state index in [9.17, 15) is 4.79 Å². The van der Waals surface area contributed by atoms with Gasteiger partial charge in [0.2, 0.25) is 0 Å². The molecule has 170 valence electrons. The fourth-order valence-corrected chi connectivity index (χ4v) is 4.10. The minimum Gasteiger partial charge on any atom is -0.378 e. The molecule has 4 rings (SSSR count). The first-order valence-corrected chi connectivity index (χ1v) is 11.2. The molecule has 0 bridgehead atoms. The van der Waals surface area contributed by atoms with Gasteiger partial charge in [-0.2, -0.15) is 5.10 Å². The van der Waals surface area contributed by atoms with Crippen molar-refractivity contribution in [3.63, 3.8) is 0 Å². The standard InChI is InChI=1S/C24H32N6O2/c1-17(2)30-23-21(15-26-30)20(24(31)29-9-11-32-12-10-29)14-22(27-23)19-6-4-5-18(13-19)16-28(3)8-7-25/h4-6,13-15,17H,7-12,16,25H2,1-3H3. The Bertz CT molecular complexity index is 1090. The number of nitrogens with zero attached hydrogens (tertiary/aromatic N) is 5. The van der Waals surface area contributed by atoms with E-state index in [0.717, 1.165) is 35.4 Å². The number of likely N-dealkylation sites (N-methyl/N-ethyl adjacent to an activating group) is 1. The molecule has 0 spiro atoms. The number of morpholine rings is 1. The van der Waals surface area contributed by atoms with Crippen LogP contribution in [0.3, 0.4) is 0 Å². The number of nitrogens with two attached hydrogens (primary N) is 1. The number of ether oxygens (including phenoxy) is 1. The molecule has 3 heterocycles. The summed E-state index contributed by atoms with van der Waals surface area (Å²) in [5, 5.41) is 5.33. The van der Waals surface area contributed by atoms with Crippen molar-refractivity contribution < 1.29 is 9.53 Å². The second-order valence-corrected chi connectivity index (χ2v) is 8.61. The average molecular weight is 437 g/mol. The normalized spacial score (nSPS) is 14.6. The number of hydrogen-bond donors (Lipinski definition) is 1. The maximum atomic E-state index is 13.4. The van der Waals surface area contributed by atoms with Crippen LogP contribution in [0.2, 0.25) is 0 Å². The molecular formula is C24H32N6O2. The molecule has 8 heteroatoms. The van der Waals surface area contributed by atoms with Gasteiger partial charge in [-0.25, -0.2) is 9.67 Å². The van der Waals surface area contributed by atoms with Gasteiger partial charge in [-0.15, -0.1) is 0 Å². The van der Waals surface area contributed by atoms with Gasteiger partial charge in [0.05, 0.1) is 36.1 Å². The van der Waals surface area contributed by atoms with Crippen molar-refractivity contribution in [1.29, 1.82) is 0 Å². The van der Waals surface area contributed by atoms with Crippen molar-refractivity contribution in [3.05, 3.63) is 47.7 Å². The van der Waals surface area contributed by atoms with Crippen molar-refractivity contribution in [2.45, 2.75) is 26.4 Å². The predicted octanol–water partition coefficient (Wildman–Crippen LogP) is 2.54. The lowest BCUT2D eigenvalue weighted by Gasteiger charge is -2.27. The van der Waals surface area contributed by atoms with E-state index in [2.05, 4.69) is 43.0 Å². The molecule has 0 aliphatic carbocycles. The van der Waals surface area contributed by atoms with Crippen molar-refractivity contribution in [2.24, 2.45) is 5.73 Å². The Labute approximate surface area is 189 Å². The number of carbonyl (C=O) groups excluding carboxylic acids is 1. The molecule has 1 fully saturated rings. The number of fused-ring (bicyclic) bond motifs is 1. The largest absolute Gasteiger partial charge is 0.378 e. The zero-order valence-corrected chi connectivity index (χ0v) is 19.1. The highest BCUT2D eigenvalue weighted by molar-refractivity contribution is 6.06. The van der Waals surface area contributed by atoms with Gasteiger partial charge in [-0.1, -0.05) is 18.2 Å². The van der Waals surface area contributed by atoms with E-state index in [1.807, 2.05) is 27.8 Å². The quantitative estimate of drug-likeness (QED) is 0.612. The number of amides is 1. The Morgan fingerprint density at radius 2 is 2.03 bits per heavy atom. The van der Waals surface area contributed by atoms with Crippen LogP contribution in [0.15, 0.2) is 36.5 Å². The Kier molecular flexibility index (Phi) is 6.83. The first-order chi connectivity index (χ1) is 15.5. The van der Waals surface area contributed by atoms with Crippen molar-refractivity contribution in [1.82, 2.24) is 24.6 Å². The van der Waals surface area contributed by atoms with Gasteiger partial charge in [0, 0.05) is 44.3 Å². The SMILES string of the molecule is CC(C)n1ncc2c(C(=O)N3CCOCC3)cc(-c3cccc(CN(C)CCN)c3)nc21. The van der Waals surface area contributed by atoms with Crippen LogP contribution in [0.4, 0.5) is 0 Å². The molecule has 8 nitrogen and oxygen atoms in total. The number of hydrogen-bond acceptors (Lipinski definition) is 6. The third kappa shape index (κ3) is 4.67. The van der Waals surface area contributed by atoms with Gasteiger partial charge in [0.25, 0.3) is 5.91 Å². The zero-order valence-electron chi connectivity index (χ0n) is 19.1. The van der Waals surface area contributed by atoms with Crippen molar-refractivity contribution in [3.8, 4) is 11.3 Å². The summed E-state index contributed by atoms with van der Waals surface area (Å²) in [5.41, 5.74) is 10.0. The van der Waals surface area contributed by atoms with Crippen LogP contribution in [0, 0.1) is 0 Å². The van der Waals surface area contributed by atoms with Crippen LogP contribution >= 0.6 is 0 Å². The van der Waals surface area contributed by atoms with E-state index in [4.69, 9.17) is 15.5 Å². The molecule has 1 aliphatic heterocycles. The second kappa shape index (κ2) is 9.77. The smallest absolute Gasteiger partial charge is 0.254 e. The zero-order chi connectivity index (χ0) is 22.7. The van der Waals surface area contributed by atoms with E-state index < -0.39 is 0 Å². The fourth-order valence-electron chi connectivity index (χ4n) is 4.10. The molecule has 2 N–H and O–H groups in total. The van der Waals surface area contributed by atoms with Gasteiger partial charge in [0.1, 0.15) is 0 Å². The highest BCUT2D eigenvalue weighted by Crippen LogP contribution is 2.28. The van der Waals surface area contributed by atoms with Crippen molar-refractivity contribution in [2.75, 3.05) is 46.4 Å². The van der Waals surface area contributed by atoms with E-state index in [0.29, 0.717) is 38.4 Å². The van der Waals surface area contributed by atoms with Crippen LogP contribution in [0.1, 0.15) is 35.8 Å². The highest BCUT2D eigenvalue weighted by Gasteiger charge is 2.24. The van der Waals surface area contributed by atoms with Crippen LogP contribution in [0.25, 0.3) is 22.3 Å². The molecule has 1 amide bonds. The van der Waals surface area contributed by atoms with Crippen LogP contribution in [-0.4, -0.2) is 76.9 Å². The highest BCUT2D eigenvalue weighted by atomic mass is 16.5. The summed E-state index contributed by atoms with van der Waals surface area (Å²) in [6, 6.07) is 10.4. The van der Waals surface area contributed by atoms with Gasteiger partial charge >= 0.3 is 0 Å². The number of aromatic nitrogens is 3. The number of pyridine rings is 1. The molecule has 1 aliphatic rings. The van der Waals surface area contributed by atoms with Gasteiger partial charge in [0.15, 0.2) is 5.65 Å². The molecule has 1 saturated heterocycles. The Morgan fingerprint density at radius 3 is 2.75 bits per heavy atom. The minimum absolute atomic E-state index is 0.00379. The maximum Gasteiger partial charge on any atom is 0.254 e. The molecule has 3 aromatic rings. The Morgan fingerprint density at radius 1 is 1.25 bits per heavy atom. The molecule has 0 unspecified atom stereocenters. The summed E-state index contributed by atoms with van der Waals surface area (Å²) in [5.74, 6) is 0.00379. The molecule has 2 aromatic heterocycles. The Balaban J connectivity index is 1.78. The third-order valence-electron chi connectivity index (χ3n) is 5.77. The summed E-state index contributed by atoms with van der Waals surface area (Å²) in [7, 11) is 2.06. The lowest BCUT2D eigenvalue weighted by Crippen LogP contribution is -2.40. The maximum absolute atomic E-state index is 13.4. The van der Waals surface area contributed by atoms with Crippen LogP contribution in [-0.2, 0) is 11.3 Å². The van der Waals surface area contributed by atoms with Crippen molar-refractivity contribution >= 4 is 16.9 Å². The monoisotopic (exact) mass is 436 g/mol. The first kappa shape index (κ1) is 22.4. The lowest BCUT2D eigenvalue weighted by molar-refractivity contribution is 0.0304. The third-order valence-corrected chi connectivity index (χ3v) is 5.77. The number of carbonyl (C=O) groups is 1. The van der Waals surface area contributed by atoms with E-state index in [1.165, 1.54) is 5.56 Å².